The van der Waals surface area contributed by atoms with Crippen molar-refractivity contribution in [1.82, 2.24) is 19.8 Å². The number of amides is 1. The van der Waals surface area contributed by atoms with Crippen molar-refractivity contribution in [2.24, 2.45) is 0 Å². The molecule has 1 fully saturated rings. The summed E-state index contributed by atoms with van der Waals surface area (Å²) in [6, 6.07) is 12.1. The summed E-state index contributed by atoms with van der Waals surface area (Å²) in [5.41, 5.74) is -0.694. The van der Waals surface area contributed by atoms with Crippen LogP contribution < -0.4 is 5.32 Å². The van der Waals surface area contributed by atoms with E-state index in [2.05, 4.69) is 10.3 Å². The molecule has 2 aromatic carbocycles. The minimum atomic E-state index is -4.85. The van der Waals surface area contributed by atoms with Gasteiger partial charge in [0.15, 0.2) is 0 Å². The number of hydrogen-bond donors (Lipinski definition) is 1. The van der Waals surface area contributed by atoms with Crippen LogP contribution in [-0.2, 0) is 33.6 Å². The summed E-state index contributed by atoms with van der Waals surface area (Å²) in [5.74, 6) is -1.21. The van der Waals surface area contributed by atoms with Gasteiger partial charge in [0.25, 0.3) is 0 Å². The molecule has 1 aliphatic heterocycles. The fourth-order valence-electron chi connectivity index (χ4n) is 4.80. The lowest BCUT2D eigenvalue weighted by Crippen LogP contribution is -2.41. The zero-order chi connectivity index (χ0) is 31.2. The second-order valence-electron chi connectivity index (χ2n) is 11.4. The highest BCUT2D eigenvalue weighted by molar-refractivity contribution is 5.71. The third-order valence-corrected chi connectivity index (χ3v) is 6.93. The smallest absolute Gasteiger partial charge is 0.419 e. The van der Waals surface area contributed by atoms with E-state index in [-0.39, 0.29) is 30.3 Å². The Labute approximate surface area is 248 Å². The second-order valence-corrected chi connectivity index (χ2v) is 11.4. The van der Waals surface area contributed by atoms with Gasteiger partial charge in [-0.3, -0.25) is 4.79 Å². The number of carbonyl (C=O) groups is 2. The maximum Gasteiger partial charge on any atom is 0.419 e. The number of aromatic nitrogens is 2. The molecule has 43 heavy (non-hydrogen) atoms. The van der Waals surface area contributed by atoms with Gasteiger partial charge in [-0.2, -0.15) is 13.2 Å². The van der Waals surface area contributed by atoms with E-state index >= 15 is 0 Å². The minimum absolute atomic E-state index is 0.0229. The summed E-state index contributed by atoms with van der Waals surface area (Å²) < 4.78 is 66.7. The molecular weight excluding hydrogens is 568 g/mol. The maximum absolute atomic E-state index is 13.9. The van der Waals surface area contributed by atoms with Crippen molar-refractivity contribution >= 4 is 12.1 Å². The van der Waals surface area contributed by atoms with Crippen LogP contribution in [-0.4, -0.2) is 58.3 Å². The molecule has 4 rings (SSSR count). The molecule has 0 atom stereocenters. The number of carbonyl (C=O) groups excluding carboxylic acids is 2. The molecule has 232 valence electrons. The van der Waals surface area contributed by atoms with Crippen LogP contribution in [0.15, 0.2) is 54.7 Å². The average Bonchev–Trinajstić information content (AvgIpc) is 3.37. The second kappa shape index (κ2) is 13.6. The summed E-state index contributed by atoms with van der Waals surface area (Å²) >= 11 is 0. The lowest BCUT2D eigenvalue weighted by molar-refractivity contribution is -0.144. The first-order valence-electron chi connectivity index (χ1n) is 14.1. The first kappa shape index (κ1) is 32.0. The number of alkyl halides is 3. The van der Waals surface area contributed by atoms with Crippen LogP contribution >= 0.6 is 0 Å². The molecule has 0 spiro atoms. The van der Waals surface area contributed by atoms with Crippen LogP contribution in [0.2, 0.25) is 0 Å². The Bertz CT molecular complexity index is 1400. The van der Waals surface area contributed by atoms with E-state index in [0.29, 0.717) is 44.8 Å². The van der Waals surface area contributed by atoms with Gasteiger partial charge < -0.3 is 24.3 Å². The zero-order valence-corrected chi connectivity index (χ0v) is 24.4. The van der Waals surface area contributed by atoms with Crippen molar-refractivity contribution in [2.45, 2.75) is 64.5 Å². The summed E-state index contributed by atoms with van der Waals surface area (Å²) in [4.78, 5) is 31.0. The number of benzene rings is 2. The van der Waals surface area contributed by atoms with Gasteiger partial charge in [-0.15, -0.1) is 0 Å². The number of imidazole rings is 1. The van der Waals surface area contributed by atoms with Crippen molar-refractivity contribution in [3.8, 4) is 11.3 Å². The minimum Gasteiger partial charge on any atom is -0.460 e. The molecule has 2 heterocycles. The Hall–Kier alpha value is -3.93. The molecule has 3 aromatic rings. The number of rotatable bonds is 9. The molecule has 12 heteroatoms. The van der Waals surface area contributed by atoms with Crippen LogP contribution in [0.3, 0.4) is 0 Å². The number of likely N-dealkylation sites (tertiary alicyclic amines) is 1. The molecule has 0 aliphatic carbocycles. The van der Waals surface area contributed by atoms with Crippen LogP contribution in [0.5, 0.6) is 0 Å². The Morgan fingerprint density at radius 2 is 1.74 bits per heavy atom. The Kier molecular flexibility index (Phi) is 10.1. The molecular formula is C31H36F4N4O4. The molecule has 8 nitrogen and oxygen atoms in total. The molecule has 0 saturated carbocycles. The lowest BCUT2D eigenvalue weighted by Gasteiger charge is -2.33. The molecule has 0 radical (unpaired) electrons. The maximum atomic E-state index is 13.9. The van der Waals surface area contributed by atoms with Gasteiger partial charge in [-0.25, -0.2) is 14.2 Å². The number of halogens is 4. The summed E-state index contributed by atoms with van der Waals surface area (Å²) in [6.45, 7) is 7.13. The van der Waals surface area contributed by atoms with E-state index in [1.165, 1.54) is 6.07 Å². The molecule has 1 saturated heterocycles. The highest BCUT2D eigenvalue weighted by atomic mass is 19.4. The number of esters is 1. The number of piperidine rings is 1. The van der Waals surface area contributed by atoms with Crippen LogP contribution in [0, 0.1) is 5.82 Å². The first-order chi connectivity index (χ1) is 20.3. The molecule has 0 bridgehead atoms. The van der Waals surface area contributed by atoms with Gasteiger partial charge in [0.05, 0.1) is 17.8 Å². The quantitative estimate of drug-likeness (QED) is 0.179. The number of nitrogens with one attached hydrogen (secondary N) is 1. The normalized spacial score (nSPS) is 14.5. The lowest BCUT2D eigenvalue weighted by atomic mass is 9.96. The molecule has 1 N–H and O–H groups in total. The van der Waals surface area contributed by atoms with Crippen LogP contribution in [0.25, 0.3) is 11.3 Å². The third-order valence-electron chi connectivity index (χ3n) is 6.93. The van der Waals surface area contributed by atoms with Crippen molar-refractivity contribution in [3.05, 3.63) is 77.5 Å². The number of nitrogens with zero attached hydrogens (tertiary/aromatic N) is 3. The number of ether oxygens (including phenoxy) is 2. The summed E-state index contributed by atoms with van der Waals surface area (Å²) in [7, 11) is 0. The van der Waals surface area contributed by atoms with E-state index < -0.39 is 35.2 Å². The summed E-state index contributed by atoms with van der Waals surface area (Å²) in [6.07, 6.45) is -2.46. The highest BCUT2D eigenvalue weighted by Gasteiger charge is 2.35. The van der Waals surface area contributed by atoms with Gasteiger partial charge >= 0.3 is 18.2 Å². The predicted octanol–water partition coefficient (Wildman–Crippen LogP) is 6.16. The molecule has 1 aromatic heterocycles. The topological polar surface area (TPSA) is 85.7 Å². The van der Waals surface area contributed by atoms with Crippen LogP contribution in [0.1, 0.15) is 56.5 Å². The molecule has 1 amide bonds. The largest absolute Gasteiger partial charge is 0.460 e. The molecule has 0 unspecified atom stereocenters. The van der Waals surface area contributed by atoms with Gasteiger partial charge in [-0.1, -0.05) is 30.3 Å². The van der Waals surface area contributed by atoms with Gasteiger partial charge in [0, 0.05) is 43.9 Å². The van der Waals surface area contributed by atoms with E-state index in [9.17, 15) is 27.2 Å². The van der Waals surface area contributed by atoms with Crippen molar-refractivity contribution in [1.29, 1.82) is 0 Å². The van der Waals surface area contributed by atoms with E-state index in [1.54, 1.807) is 31.9 Å². The van der Waals surface area contributed by atoms with Crippen molar-refractivity contribution in [3.63, 3.8) is 0 Å². The monoisotopic (exact) mass is 604 g/mol. The first-order valence-corrected chi connectivity index (χ1v) is 14.1. The Balaban J connectivity index is 1.45. The van der Waals surface area contributed by atoms with Gasteiger partial charge in [0.1, 0.15) is 23.8 Å². The Morgan fingerprint density at radius 1 is 1.05 bits per heavy atom. The fourth-order valence-corrected chi connectivity index (χ4v) is 4.80. The van der Waals surface area contributed by atoms with Crippen molar-refractivity contribution in [2.75, 3.05) is 26.2 Å². The van der Waals surface area contributed by atoms with Gasteiger partial charge in [0.2, 0.25) is 0 Å². The Morgan fingerprint density at radius 3 is 2.40 bits per heavy atom. The SMILES string of the molecule is CC(C)(C)OC(=O)N1CCC(c2nc(-c3ccc(F)c(C(F)(F)F)c3)cn2CCNCC(=O)OCc2ccccc2)CC1. The highest BCUT2D eigenvalue weighted by Crippen LogP contribution is 2.35. The van der Waals surface area contributed by atoms with E-state index in [4.69, 9.17) is 9.47 Å². The summed E-state index contributed by atoms with van der Waals surface area (Å²) in [5, 5.41) is 3.04. The molecule has 1 aliphatic rings. The fraction of sp³-hybridized carbons (Fsp3) is 0.452. The number of hydrogen-bond acceptors (Lipinski definition) is 6. The van der Waals surface area contributed by atoms with Crippen molar-refractivity contribution < 1.29 is 36.6 Å². The predicted molar refractivity (Wildman–Crippen MR) is 152 cm³/mol. The van der Waals surface area contributed by atoms with Crippen LogP contribution in [0.4, 0.5) is 22.4 Å². The van der Waals surface area contributed by atoms with E-state index in [0.717, 1.165) is 17.7 Å². The zero-order valence-electron chi connectivity index (χ0n) is 24.4. The van der Waals surface area contributed by atoms with Gasteiger partial charge in [-0.05, 0) is 57.4 Å². The third kappa shape index (κ3) is 9.03. The standard InChI is InChI=1S/C31H36F4N4O4/c1-30(2,3)43-29(41)38-14-11-22(12-15-38)28-37-26(23-9-10-25(32)24(17-23)31(33,34)35)19-39(28)16-13-36-18-27(40)42-20-21-7-5-4-6-8-21/h4-10,17,19,22,36H,11-16,18,20H2,1-3H3. The van der Waals surface area contributed by atoms with E-state index in [1.807, 2.05) is 34.9 Å². The average molecular weight is 605 g/mol.